The average Bonchev–Trinajstić information content (AvgIpc) is 3.22. The third kappa shape index (κ3) is 4.07. The van der Waals surface area contributed by atoms with Crippen LogP contribution in [-0.4, -0.2) is 15.9 Å². The largest absolute Gasteiger partial charge is 0.283 e. The fraction of sp³-hybridized carbons (Fsp3) is 0.0800. The minimum atomic E-state index is -0.745. The molecule has 32 heavy (non-hydrogen) atoms. The van der Waals surface area contributed by atoms with E-state index in [1.807, 2.05) is 48.5 Å². The summed E-state index contributed by atoms with van der Waals surface area (Å²) in [4.78, 5) is 23.3. The van der Waals surface area contributed by atoms with Gasteiger partial charge in [-0.15, -0.1) is 0 Å². The van der Waals surface area contributed by atoms with Crippen molar-refractivity contribution in [2.24, 2.45) is 0 Å². The van der Waals surface area contributed by atoms with Crippen molar-refractivity contribution in [2.45, 2.75) is 13.0 Å². The number of aromatic nitrogens is 2. The molecule has 0 bridgehead atoms. The molecule has 0 aliphatic carbocycles. The first-order valence-electron chi connectivity index (χ1n) is 9.99. The normalized spacial score (nSPS) is 11.2. The van der Waals surface area contributed by atoms with E-state index in [-0.39, 0.29) is 24.4 Å². The molecule has 2 heterocycles. The van der Waals surface area contributed by atoms with Gasteiger partial charge in [-0.2, -0.15) is 0 Å². The van der Waals surface area contributed by atoms with Crippen molar-refractivity contribution in [3.05, 3.63) is 102 Å². The van der Waals surface area contributed by atoms with Gasteiger partial charge in [-0.3, -0.25) is 14.7 Å². The molecule has 1 amide bonds. The minimum Gasteiger partial charge on any atom is -0.283 e. The van der Waals surface area contributed by atoms with E-state index in [1.165, 1.54) is 11.0 Å². The monoisotopic (exact) mass is 445 g/mol. The average molecular weight is 445 g/mol. The number of rotatable bonds is 5. The Morgan fingerprint density at radius 2 is 1.78 bits per heavy atom. The molecule has 0 radical (unpaired) electrons. The van der Waals surface area contributed by atoms with Gasteiger partial charge >= 0.3 is 0 Å². The van der Waals surface area contributed by atoms with Gasteiger partial charge in [0, 0.05) is 18.5 Å². The van der Waals surface area contributed by atoms with Gasteiger partial charge in [0.2, 0.25) is 5.91 Å². The Hall–Kier alpha value is -3.71. The van der Waals surface area contributed by atoms with Crippen LogP contribution >= 0.6 is 11.3 Å². The molecular weight excluding hydrogens is 428 g/mol. The molecule has 7 heteroatoms. The van der Waals surface area contributed by atoms with Crippen molar-refractivity contribution in [1.82, 2.24) is 9.97 Å². The summed E-state index contributed by atoms with van der Waals surface area (Å²) >= 11 is 1.09. The fourth-order valence-corrected chi connectivity index (χ4v) is 4.64. The Morgan fingerprint density at radius 1 is 0.938 bits per heavy atom. The Labute approximate surface area is 186 Å². The first-order valence-corrected chi connectivity index (χ1v) is 10.8. The number of nitrogens with zero attached hydrogens (tertiary/aromatic N) is 3. The standard InChI is InChI=1S/C25H17F2N3OS/c26-20-12-21(27)24-22(13-20)32-25(29-24)30(15-17-4-3-9-28-14-17)23(31)11-16-7-8-18-5-1-2-6-19(18)10-16/h1-10,12-14H,11,15H2. The van der Waals surface area contributed by atoms with Crippen LogP contribution in [0, 0.1) is 11.6 Å². The number of fused-ring (bicyclic) bond motifs is 2. The predicted octanol–water partition coefficient (Wildman–Crippen LogP) is 5.90. The van der Waals surface area contributed by atoms with Crippen LogP contribution in [0.1, 0.15) is 11.1 Å². The molecule has 0 unspecified atom stereocenters. The summed E-state index contributed by atoms with van der Waals surface area (Å²) in [5.41, 5.74) is 1.73. The summed E-state index contributed by atoms with van der Waals surface area (Å²) in [6.07, 6.45) is 3.47. The number of benzene rings is 3. The highest BCUT2D eigenvalue weighted by atomic mass is 32.1. The Bertz CT molecular complexity index is 1440. The number of hydrogen-bond acceptors (Lipinski definition) is 4. The highest BCUT2D eigenvalue weighted by molar-refractivity contribution is 7.22. The second kappa shape index (κ2) is 8.43. The fourth-order valence-electron chi connectivity index (χ4n) is 3.62. The van der Waals surface area contributed by atoms with Crippen LogP contribution < -0.4 is 4.90 Å². The van der Waals surface area contributed by atoms with Crippen molar-refractivity contribution in [3.63, 3.8) is 0 Å². The van der Waals surface area contributed by atoms with Crippen molar-refractivity contribution < 1.29 is 13.6 Å². The van der Waals surface area contributed by atoms with Crippen molar-refractivity contribution >= 4 is 43.4 Å². The van der Waals surface area contributed by atoms with Gasteiger partial charge in [0.05, 0.1) is 17.7 Å². The van der Waals surface area contributed by atoms with Crippen LogP contribution in [0.3, 0.4) is 0 Å². The van der Waals surface area contributed by atoms with Crippen molar-refractivity contribution in [1.29, 1.82) is 0 Å². The molecule has 0 aliphatic heterocycles. The summed E-state index contributed by atoms with van der Waals surface area (Å²) in [5, 5.41) is 2.47. The van der Waals surface area contributed by atoms with Gasteiger partial charge in [0.15, 0.2) is 10.9 Å². The summed E-state index contributed by atoms with van der Waals surface area (Å²) in [7, 11) is 0. The lowest BCUT2D eigenvalue weighted by Crippen LogP contribution is -2.31. The molecule has 5 aromatic rings. The smallest absolute Gasteiger partial charge is 0.233 e. The van der Waals surface area contributed by atoms with E-state index in [0.29, 0.717) is 9.83 Å². The van der Waals surface area contributed by atoms with Crippen LogP contribution in [0.5, 0.6) is 0 Å². The molecule has 0 N–H and O–H groups in total. The number of anilines is 1. The van der Waals surface area contributed by atoms with Gasteiger partial charge in [-0.05, 0) is 34.0 Å². The quantitative estimate of drug-likeness (QED) is 0.338. The van der Waals surface area contributed by atoms with Gasteiger partial charge < -0.3 is 0 Å². The van der Waals surface area contributed by atoms with E-state index < -0.39 is 11.6 Å². The highest BCUT2D eigenvalue weighted by Crippen LogP contribution is 2.32. The number of amides is 1. The number of pyridine rings is 1. The van der Waals surface area contributed by atoms with E-state index in [0.717, 1.165) is 39.3 Å². The molecular formula is C25H17F2N3OS. The van der Waals surface area contributed by atoms with Crippen LogP contribution in [0.15, 0.2) is 79.1 Å². The third-order valence-electron chi connectivity index (χ3n) is 5.17. The molecule has 0 aliphatic rings. The molecule has 0 saturated heterocycles. The van der Waals surface area contributed by atoms with Gasteiger partial charge in [0.1, 0.15) is 11.3 Å². The Kier molecular flexibility index (Phi) is 5.33. The summed E-state index contributed by atoms with van der Waals surface area (Å²) < 4.78 is 28.3. The Morgan fingerprint density at radius 3 is 2.59 bits per heavy atom. The van der Waals surface area contributed by atoms with Crippen LogP contribution in [0.2, 0.25) is 0 Å². The zero-order chi connectivity index (χ0) is 22.1. The van der Waals surface area contributed by atoms with Crippen molar-refractivity contribution in [2.75, 3.05) is 4.90 Å². The summed E-state index contributed by atoms with van der Waals surface area (Å²) in [5.74, 6) is -1.61. The van der Waals surface area contributed by atoms with Gasteiger partial charge in [-0.25, -0.2) is 13.8 Å². The lowest BCUT2D eigenvalue weighted by atomic mass is 10.0. The number of thiazole rings is 1. The molecule has 2 aromatic heterocycles. The van der Waals surface area contributed by atoms with Crippen LogP contribution in [-0.2, 0) is 17.8 Å². The van der Waals surface area contributed by atoms with Crippen LogP contribution in [0.4, 0.5) is 13.9 Å². The summed E-state index contributed by atoms with van der Waals surface area (Å²) in [6.45, 7) is 0.226. The molecule has 0 saturated carbocycles. The second-order valence-corrected chi connectivity index (χ2v) is 8.44. The van der Waals surface area contributed by atoms with Gasteiger partial charge in [-0.1, -0.05) is 59.9 Å². The number of carbonyl (C=O) groups is 1. The minimum absolute atomic E-state index is 0.0566. The van der Waals surface area contributed by atoms with E-state index in [1.54, 1.807) is 18.5 Å². The second-order valence-electron chi connectivity index (χ2n) is 7.43. The maximum Gasteiger partial charge on any atom is 0.233 e. The molecule has 4 nitrogen and oxygen atoms in total. The lowest BCUT2D eigenvalue weighted by Gasteiger charge is -2.20. The molecule has 0 atom stereocenters. The molecule has 3 aromatic carbocycles. The zero-order valence-corrected chi connectivity index (χ0v) is 17.7. The van der Waals surface area contributed by atoms with E-state index >= 15 is 0 Å². The first-order chi connectivity index (χ1) is 15.6. The van der Waals surface area contributed by atoms with E-state index in [4.69, 9.17) is 0 Å². The number of carbonyl (C=O) groups excluding carboxylic acids is 1. The lowest BCUT2D eigenvalue weighted by molar-refractivity contribution is -0.118. The van der Waals surface area contributed by atoms with Crippen molar-refractivity contribution in [3.8, 4) is 0 Å². The van der Waals surface area contributed by atoms with E-state index in [9.17, 15) is 13.6 Å². The maximum absolute atomic E-state index is 14.2. The van der Waals surface area contributed by atoms with Crippen LogP contribution in [0.25, 0.3) is 21.0 Å². The molecule has 0 spiro atoms. The van der Waals surface area contributed by atoms with Gasteiger partial charge in [0.25, 0.3) is 0 Å². The maximum atomic E-state index is 14.2. The first kappa shape index (κ1) is 20.2. The summed E-state index contributed by atoms with van der Waals surface area (Å²) in [6, 6.07) is 19.5. The SMILES string of the molecule is O=C(Cc1ccc2ccccc2c1)N(Cc1cccnc1)c1nc2c(F)cc(F)cc2s1. The number of halogens is 2. The topological polar surface area (TPSA) is 46.1 Å². The predicted molar refractivity (Wildman–Crippen MR) is 123 cm³/mol. The van der Waals surface area contributed by atoms with E-state index in [2.05, 4.69) is 9.97 Å². The molecule has 0 fully saturated rings. The molecule has 158 valence electrons. The Balaban J connectivity index is 1.51. The highest BCUT2D eigenvalue weighted by Gasteiger charge is 2.22. The third-order valence-corrected chi connectivity index (χ3v) is 6.19. The zero-order valence-electron chi connectivity index (χ0n) is 16.8. The molecule has 5 rings (SSSR count). The number of hydrogen-bond donors (Lipinski definition) is 0.